The number of allylic oxidation sites excluding steroid dienone is 2. The molecule has 17 heavy (non-hydrogen) atoms. The third-order valence-corrected chi connectivity index (χ3v) is 5.79. The van der Waals surface area contributed by atoms with Crippen LogP contribution in [-0.2, 0) is 13.3 Å². The maximum absolute atomic E-state index is 5.80. The van der Waals surface area contributed by atoms with Crippen LogP contribution in [0.2, 0.25) is 6.04 Å². The van der Waals surface area contributed by atoms with Crippen LogP contribution in [0.1, 0.15) is 47.5 Å². The molecule has 0 fully saturated rings. The van der Waals surface area contributed by atoms with Gasteiger partial charge in [0.2, 0.25) is 0 Å². The highest BCUT2D eigenvalue weighted by atomic mass is 28.4. The van der Waals surface area contributed by atoms with Crippen LogP contribution in [0.25, 0.3) is 0 Å². The predicted octanol–water partition coefficient (Wildman–Crippen LogP) is 3.78. The van der Waals surface area contributed by atoms with Crippen LogP contribution >= 0.6 is 0 Å². The molecule has 4 heteroatoms. The van der Waals surface area contributed by atoms with E-state index in [0.29, 0.717) is 19.8 Å². The summed E-state index contributed by atoms with van der Waals surface area (Å²) < 4.78 is 17.4. The molecule has 0 aromatic heterocycles. The summed E-state index contributed by atoms with van der Waals surface area (Å²) in [6.45, 7) is 12.2. The maximum atomic E-state index is 5.80. The molecule has 0 unspecified atom stereocenters. The van der Waals surface area contributed by atoms with Crippen molar-refractivity contribution in [3.63, 3.8) is 0 Å². The summed E-state index contributed by atoms with van der Waals surface area (Å²) in [5.74, 6) is 0. The van der Waals surface area contributed by atoms with E-state index in [1.807, 2.05) is 20.8 Å². The first-order valence-electron chi connectivity index (χ1n) is 6.67. The highest BCUT2D eigenvalue weighted by Gasteiger charge is 2.39. The molecule has 0 bridgehead atoms. The van der Waals surface area contributed by atoms with E-state index in [4.69, 9.17) is 13.3 Å². The molecule has 0 aliphatic rings. The Hall–Kier alpha value is -0.163. The molecule has 3 nitrogen and oxygen atoms in total. The van der Waals surface area contributed by atoms with E-state index in [-0.39, 0.29) is 0 Å². The molecule has 0 rings (SSSR count). The van der Waals surface area contributed by atoms with Gasteiger partial charge in [-0.15, -0.1) is 0 Å². The molecule has 0 aliphatic heterocycles. The average molecular weight is 260 g/mol. The van der Waals surface area contributed by atoms with Gasteiger partial charge in [0, 0.05) is 25.9 Å². The van der Waals surface area contributed by atoms with Gasteiger partial charge < -0.3 is 13.3 Å². The van der Waals surface area contributed by atoms with Gasteiger partial charge in [-0.1, -0.05) is 11.6 Å². The van der Waals surface area contributed by atoms with Crippen LogP contribution in [0.5, 0.6) is 0 Å². The highest BCUT2D eigenvalue weighted by molar-refractivity contribution is 6.60. The van der Waals surface area contributed by atoms with Crippen molar-refractivity contribution in [3.8, 4) is 0 Å². The van der Waals surface area contributed by atoms with E-state index in [0.717, 1.165) is 18.9 Å². The van der Waals surface area contributed by atoms with Crippen LogP contribution in [-0.4, -0.2) is 28.6 Å². The summed E-state index contributed by atoms with van der Waals surface area (Å²) in [6, 6.07) is 0.910. The van der Waals surface area contributed by atoms with Crippen molar-refractivity contribution in [3.05, 3.63) is 11.6 Å². The van der Waals surface area contributed by atoms with Gasteiger partial charge in [-0.3, -0.25) is 0 Å². The van der Waals surface area contributed by atoms with Gasteiger partial charge >= 0.3 is 8.80 Å². The molecule has 0 saturated carbocycles. The van der Waals surface area contributed by atoms with Crippen molar-refractivity contribution >= 4 is 8.80 Å². The monoisotopic (exact) mass is 260 g/mol. The SMILES string of the molecule is CC=C(C)CCC[Si](OCC)(OCC)OCC. The fourth-order valence-corrected chi connectivity index (χ4v) is 4.34. The Kier molecular flexibility index (Phi) is 9.73. The Labute approximate surface area is 108 Å². The summed E-state index contributed by atoms with van der Waals surface area (Å²) in [5, 5.41) is 0. The minimum atomic E-state index is -2.40. The Balaban J connectivity index is 4.32. The first-order valence-corrected chi connectivity index (χ1v) is 8.60. The van der Waals surface area contributed by atoms with Crippen molar-refractivity contribution in [2.45, 2.75) is 53.5 Å². The molecule has 102 valence electrons. The van der Waals surface area contributed by atoms with Crippen LogP contribution in [0.15, 0.2) is 11.6 Å². The summed E-state index contributed by atoms with van der Waals surface area (Å²) in [7, 11) is -2.40. The second-order valence-corrected chi connectivity index (χ2v) is 6.70. The normalized spacial score (nSPS) is 13.1. The molecule has 0 heterocycles. The minimum Gasteiger partial charge on any atom is -0.374 e. The van der Waals surface area contributed by atoms with Gasteiger partial charge in [0.25, 0.3) is 0 Å². The quantitative estimate of drug-likeness (QED) is 0.442. The van der Waals surface area contributed by atoms with E-state index in [1.54, 1.807) is 0 Å². The fourth-order valence-electron chi connectivity index (χ4n) is 1.73. The van der Waals surface area contributed by atoms with Gasteiger partial charge in [0.1, 0.15) is 0 Å². The number of hydrogen-bond donors (Lipinski definition) is 0. The molecule has 0 radical (unpaired) electrons. The molecule has 0 saturated heterocycles. The predicted molar refractivity (Wildman–Crippen MR) is 74.1 cm³/mol. The van der Waals surface area contributed by atoms with Crippen molar-refractivity contribution in [1.82, 2.24) is 0 Å². The van der Waals surface area contributed by atoms with Crippen molar-refractivity contribution in [1.29, 1.82) is 0 Å². The Morgan fingerprint density at radius 3 is 1.82 bits per heavy atom. The average Bonchev–Trinajstić information content (AvgIpc) is 2.30. The molecule has 0 spiro atoms. The standard InChI is InChI=1S/C13H28O3Si/c1-6-13(5)11-10-12-17(14-7-2,15-8-3)16-9-4/h6H,7-12H2,1-5H3. The van der Waals surface area contributed by atoms with Crippen LogP contribution in [0.4, 0.5) is 0 Å². The van der Waals surface area contributed by atoms with Gasteiger partial charge in [-0.2, -0.15) is 0 Å². The molecule has 0 aromatic rings. The van der Waals surface area contributed by atoms with Crippen molar-refractivity contribution in [2.75, 3.05) is 19.8 Å². The molecule has 0 aliphatic carbocycles. The van der Waals surface area contributed by atoms with E-state index in [9.17, 15) is 0 Å². The summed E-state index contributed by atoms with van der Waals surface area (Å²) >= 11 is 0. The summed E-state index contributed by atoms with van der Waals surface area (Å²) in [4.78, 5) is 0. The lowest BCUT2D eigenvalue weighted by molar-refractivity contribution is 0.0708. The van der Waals surface area contributed by atoms with Gasteiger partial charge in [-0.25, -0.2) is 0 Å². The zero-order valence-corrected chi connectivity index (χ0v) is 13.0. The lowest BCUT2D eigenvalue weighted by Crippen LogP contribution is -2.45. The van der Waals surface area contributed by atoms with Crippen molar-refractivity contribution < 1.29 is 13.3 Å². The first-order chi connectivity index (χ1) is 8.14. The largest absolute Gasteiger partial charge is 0.500 e. The maximum Gasteiger partial charge on any atom is 0.500 e. The third-order valence-electron chi connectivity index (χ3n) is 2.64. The number of hydrogen-bond acceptors (Lipinski definition) is 3. The van der Waals surface area contributed by atoms with Crippen LogP contribution in [0.3, 0.4) is 0 Å². The molecular weight excluding hydrogens is 232 g/mol. The first kappa shape index (κ1) is 16.8. The zero-order chi connectivity index (χ0) is 13.1. The van der Waals surface area contributed by atoms with E-state index in [1.165, 1.54) is 5.57 Å². The lowest BCUT2D eigenvalue weighted by atomic mass is 10.2. The van der Waals surface area contributed by atoms with Gasteiger partial charge in [-0.05, 0) is 47.5 Å². The minimum absolute atomic E-state index is 0.662. The van der Waals surface area contributed by atoms with Crippen LogP contribution in [0, 0.1) is 0 Å². The van der Waals surface area contributed by atoms with Gasteiger partial charge in [0.05, 0.1) is 0 Å². The highest BCUT2D eigenvalue weighted by Crippen LogP contribution is 2.20. The zero-order valence-electron chi connectivity index (χ0n) is 12.0. The van der Waals surface area contributed by atoms with Crippen molar-refractivity contribution in [2.24, 2.45) is 0 Å². The Morgan fingerprint density at radius 1 is 1.00 bits per heavy atom. The Morgan fingerprint density at radius 2 is 1.47 bits per heavy atom. The van der Waals surface area contributed by atoms with E-state index in [2.05, 4.69) is 19.9 Å². The second kappa shape index (κ2) is 9.83. The fraction of sp³-hybridized carbons (Fsp3) is 0.846. The van der Waals surface area contributed by atoms with Crippen LogP contribution < -0.4 is 0 Å². The molecule has 0 amide bonds. The lowest BCUT2D eigenvalue weighted by Gasteiger charge is -2.28. The third kappa shape index (κ3) is 6.98. The number of rotatable bonds is 10. The molecule has 0 aromatic carbocycles. The molecular formula is C13H28O3Si. The van der Waals surface area contributed by atoms with Gasteiger partial charge in [0.15, 0.2) is 0 Å². The van der Waals surface area contributed by atoms with E-state index < -0.39 is 8.80 Å². The summed E-state index contributed by atoms with van der Waals surface area (Å²) in [6.07, 6.45) is 4.33. The summed E-state index contributed by atoms with van der Waals surface area (Å²) in [5.41, 5.74) is 1.41. The topological polar surface area (TPSA) is 27.7 Å². The Bertz CT molecular complexity index is 200. The van der Waals surface area contributed by atoms with E-state index >= 15 is 0 Å². The second-order valence-electron chi connectivity index (χ2n) is 3.97. The molecule has 0 atom stereocenters. The smallest absolute Gasteiger partial charge is 0.374 e. The molecule has 0 N–H and O–H groups in total.